The van der Waals surface area contributed by atoms with Crippen LogP contribution in [0.25, 0.3) is 0 Å². The molecule has 0 bridgehead atoms. The minimum Gasteiger partial charge on any atom is -0.376 e. The average Bonchev–Trinajstić information content (AvgIpc) is 2.05. The van der Waals surface area contributed by atoms with Gasteiger partial charge in [-0.15, -0.1) is 0 Å². The van der Waals surface area contributed by atoms with Crippen LogP contribution in [-0.4, -0.2) is 9.66 Å². The summed E-state index contributed by atoms with van der Waals surface area (Å²) in [6, 6.07) is 9.00. The van der Waals surface area contributed by atoms with Crippen LogP contribution in [-0.2, 0) is 0 Å². The fourth-order valence-electron chi connectivity index (χ4n) is 0.679. The first kappa shape index (κ1) is 7.60. The van der Waals surface area contributed by atoms with E-state index < -0.39 is 5.44 Å². The maximum absolute atomic E-state index is 9.04. The maximum Gasteiger partial charge on any atom is 0.150 e. The second kappa shape index (κ2) is 3.61. The van der Waals surface area contributed by atoms with Crippen molar-refractivity contribution in [1.82, 2.24) is 0 Å². The fourth-order valence-corrected chi connectivity index (χ4v) is 0.957. The lowest BCUT2D eigenvalue weighted by atomic mass is 10.2. The Hall–Kier alpha value is -0.510. The molecule has 0 spiro atoms. The van der Waals surface area contributed by atoms with E-state index >= 15 is 0 Å². The molecule has 54 valence electrons. The number of hydrogen-bond donors (Lipinski definition) is 2. The molecule has 0 heterocycles. The Balaban J connectivity index is 2.75. The summed E-state index contributed by atoms with van der Waals surface area (Å²) >= 11 is 0.433. The van der Waals surface area contributed by atoms with Gasteiger partial charge in [0.15, 0.2) is 0 Å². The van der Waals surface area contributed by atoms with E-state index in [1.807, 2.05) is 18.2 Å². The van der Waals surface area contributed by atoms with Gasteiger partial charge in [-0.05, 0) is 5.56 Å². The summed E-state index contributed by atoms with van der Waals surface area (Å²) in [7, 11) is 0. The third kappa shape index (κ3) is 1.73. The van der Waals surface area contributed by atoms with Gasteiger partial charge in [0.25, 0.3) is 0 Å². The number of aliphatic hydroxyl groups excluding tert-OH is 1. The minimum absolute atomic E-state index is 0.433. The summed E-state index contributed by atoms with van der Waals surface area (Å²) in [4.78, 5) is 0. The lowest BCUT2D eigenvalue weighted by molar-refractivity contribution is 0.262. The summed E-state index contributed by atoms with van der Waals surface area (Å²) in [5, 5.41) is 9.04. The van der Waals surface area contributed by atoms with Gasteiger partial charge in [0.05, 0.1) is 0 Å². The lowest BCUT2D eigenvalue weighted by Gasteiger charge is -2.03. The molecule has 0 amide bonds. The van der Waals surface area contributed by atoms with Gasteiger partial charge in [-0.3, -0.25) is 0 Å². The van der Waals surface area contributed by atoms with Crippen LogP contribution in [0.3, 0.4) is 0 Å². The molecule has 1 aromatic carbocycles. The molecule has 0 radical (unpaired) electrons. The Morgan fingerprint density at radius 2 is 1.80 bits per heavy atom. The van der Waals surface area contributed by atoms with Crippen LogP contribution in [0.2, 0.25) is 0 Å². The standard InChI is InChI=1S/C7H8O2S/c8-7(10-9)6-4-2-1-3-5-6/h1-5,7-9H. The predicted octanol–water partition coefficient (Wildman–Crippen LogP) is 1.88. The highest BCUT2D eigenvalue weighted by Gasteiger charge is 2.03. The zero-order chi connectivity index (χ0) is 7.40. The normalized spacial score (nSPS) is 13.0. The van der Waals surface area contributed by atoms with Gasteiger partial charge in [-0.25, -0.2) is 0 Å². The molecule has 0 aromatic heterocycles. The van der Waals surface area contributed by atoms with Crippen molar-refractivity contribution in [2.24, 2.45) is 0 Å². The fraction of sp³-hybridized carbons (Fsp3) is 0.143. The molecule has 0 aliphatic carbocycles. The summed E-state index contributed by atoms with van der Waals surface area (Å²) in [6.07, 6.45) is 0. The smallest absolute Gasteiger partial charge is 0.150 e. The van der Waals surface area contributed by atoms with Gasteiger partial charge in [0.2, 0.25) is 0 Å². The monoisotopic (exact) mass is 156 g/mol. The molecule has 0 saturated heterocycles. The Kier molecular flexibility index (Phi) is 2.74. The van der Waals surface area contributed by atoms with E-state index in [2.05, 4.69) is 0 Å². The Bertz CT molecular complexity index is 188. The molecule has 10 heavy (non-hydrogen) atoms. The van der Waals surface area contributed by atoms with Crippen molar-refractivity contribution in [2.45, 2.75) is 5.44 Å². The summed E-state index contributed by atoms with van der Waals surface area (Å²) < 4.78 is 8.45. The number of aliphatic hydroxyl groups is 1. The molecule has 0 fully saturated rings. The van der Waals surface area contributed by atoms with Crippen LogP contribution in [0, 0.1) is 0 Å². The third-order valence-electron chi connectivity index (χ3n) is 1.18. The van der Waals surface area contributed by atoms with E-state index in [1.54, 1.807) is 12.1 Å². The topological polar surface area (TPSA) is 40.5 Å². The highest BCUT2D eigenvalue weighted by Crippen LogP contribution is 2.21. The minimum atomic E-state index is -0.818. The number of benzene rings is 1. The molecule has 1 atom stereocenters. The quantitative estimate of drug-likeness (QED) is 0.507. The van der Waals surface area contributed by atoms with Crippen molar-refractivity contribution in [3.63, 3.8) is 0 Å². The largest absolute Gasteiger partial charge is 0.376 e. The highest BCUT2D eigenvalue weighted by molar-refractivity contribution is 7.93. The van der Waals surface area contributed by atoms with E-state index in [4.69, 9.17) is 9.66 Å². The SMILES string of the molecule is OSC(O)c1ccccc1. The maximum atomic E-state index is 9.04. The van der Waals surface area contributed by atoms with Gasteiger partial charge < -0.3 is 9.66 Å². The molecule has 0 aliphatic rings. The molecule has 0 saturated carbocycles. The number of hydrogen-bond acceptors (Lipinski definition) is 3. The van der Waals surface area contributed by atoms with Gasteiger partial charge in [0, 0.05) is 12.0 Å². The number of rotatable bonds is 2. The first-order valence-electron chi connectivity index (χ1n) is 2.88. The molecule has 2 nitrogen and oxygen atoms in total. The van der Waals surface area contributed by atoms with Crippen molar-refractivity contribution in [3.05, 3.63) is 35.9 Å². The van der Waals surface area contributed by atoms with Crippen molar-refractivity contribution < 1.29 is 9.66 Å². The van der Waals surface area contributed by atoms with Crippen molar-refractivity contribution in [3.8, 4) is 0 Å². The van der Waals surface area contributed by atoms with Crippen molar-refractivity contribution >= 4 is 12.0 Å². The first-order chi connectivity index (χ1) is 4.84. The van der Waals surface area contributed by atoms with Gasteiger partial charge in [0.1, 0.15) is 5.44 Å². The van der Waals surface area contributed by atoms with Crippen molar-refractivity contribution in [1.29, 1.82) is 0 Å². The van der Waals surface area contributed by atoms with Crippen molar-refractivity contribution in [2.75, 3.05) is 0 Å². The molecule has 3 heteroatoms. The molecular formula is C7H8O2S. The molecule has 0 aliphatic heterocycles. The Morgan fingerprint density at radius 1 is 1.20 bits per heavy atom. The summed E-state index contributed by atoms with van der Waals surface area (Å²) in [6.45, 7) is 0. The van der Waals surface area contributed by atoms with E-state index in [0.717, 1.165) is 5.56 Å². The van der Waals surface area contributed by atoms with Crippen LogP contribution in [0.15, 0.2) is 30.3 Å². The van der Waals surface area contributed by atoms with Crippen LogP contribution in [0.1, 0.15) is 11.0 Å². The van der Waals surface area contributed by atoms with E-state index in [1.165, 1.54) is 0 Å². The van der Waals surface area contributed by atoms with E-state index in [0.29, 0.717) is 12.0 Å². The molecule has 1 unspecified atom stereocenters. The third-order valence-corrected chi connectivity index (χ3v) is 1.66. The molecular weight excluding hydrogens is 148 g/mol. The van der Waals surface area contributed by atoms with Crippen LogP contribution >= 0.6 is 12.0 Å². The highest BCUT2D eigenvalue weighted by atomic mass is 32.2. The second-order valence-electron chi connectivity index (χ2n) is 1.87. The Labute approximate surface area is 63.7 Å². The lowest BCUT2D eigenvalue weighted by Crippen LogP contribution is -1.88. The van der Waals surface area contributed by atoms with E-state index in [9.17, 15) is 0 Å². The molecule has 1 rings (SSSR count). The summed E-state index contributed by atoms with van der Waals surface area (Å²) in [5.74, 6) is 0. The van der Waals surface area contributed by atoms with Crippen LogP contribution in [0.5, 0.6) is 0 Å². The van der Waals surface area contributed by atoms with Crippen LogP contribution in [0.4, 0.5) is 0 Å². The molecule has 1 aromatic rings. The average molecular weight is 156 g/mol. The zero-order valence-electron chi connectivity index (χ0n) is 5.27. The molecule has 2 N–H and O–H groups in total. The first-order valence-corrected chi connectivity index (χ1v) is 3.71. The second-order valence-corrected chi connectivity index (χ2v) is 2.53. The van der Waals surface area contributed by atoms with Gasteiger partial charge in [-0.1, -0.05) is 30.3 Å². The predicted molar refractivity (Wildman–Crippen MR) is 41.6 cm³/mol. The summed E-state index contributed by atoms with van der Waals surface area (Å²) in [5.41, 5.74) is -0.101. The van der Waals surface area contributed by atoms with Gasteiger partial charge >= 0.3 is 0 Å². The zero-order valence-corrected chi connectivity index (χ0v) is 6.08. The Morgan fingerprint density at radius 3 is 2.30 bits per heavy atom. The van der Waals surface area contributed by atoms with Gasteiger partial charge in [-0.2, -0.15) is 0 Å². The van der Waals surface area contributed by atoms with Crippen LogP contribution < -0.4 is 0 Å². The van der Waals surface area contributed by atoms with E-state index in [-0.39, 0.29) is 0 Å².